The van der Waals surface area contributed by atoms with Crippen molar-refractivity contribution in [1.82, 2.24) is 0 Å². The third-order valence-electron chi connectivity index (χ3n) is 2.83. The first kappa shape index (κ1) is 11.6. The van der Waals surface area contributed by atoms with Gasteiger partial charge in [0.05, 0.1) is 18.8 Å². The zero-order chi connectivity index (χ0) is 12.3. The Labute approximate surface area is 99.6 Å². The molecule has 1 aliphatic rings. The molecule has 1 aliphatic heterocycles. The minimum Gasteiger partial charge on any atom is -0.481 e. The summed E-state index contributed by atoms with van der Waals surface area (Å²) >= 11 is 0. The Hall–Kier alpha value is -1.88. The molecular weight excluding hydrogens is 218 g/mol. The van der Waals surface area contributed by atoms with Crippen molar-refractivity contribution in [2.24, 2.45) is 10.7 Å². The maximum absolute atomic E-state index is 11.0. The van der Waals surface area contributed by atoms with Gasteiger partial charge in [0.25, 0.3) is 0 Å². The highest BCUT2D eigenvalue weighted by Crippen LogP contribution is 2.22. The van der Waals surface area contributed by atoms with Gasteiger partial charge in [-0.1, -0.05) is 12.1 Å². The lowest BCUT2D eigenvalue weighted by atomic mass is 9.99. The van der Waals surface area contributed by atoms with Gasteiger partial charge in [-0.3, -0.25) is 9.79 Å². The number of hydrogen-bond donors (Lipinski definition) is 2. The highest BCUT2D eigenvalue weighted by atomic mass is 16.4. The summed E-state index contributed by atoms with van der Waals surface area (Å²) in [5.74, 6) is -1.53. The number of nitrogens with two attached hydrogens (primary N) is 1. The molecular formula is C12H15N3O2. The van der Waals surface area contributed by atoms with Crippen molar-refractivity contribution in [3.05, 3.63) is 29.8 Å². The summed E-state index contributed by atoms with van der Waals surface area (Å²) in [6.45, 7) is 1.72. The third kappa shape index (κ3) is 2.45. The molecule has 0 bridgehead atoms. The van der Waals surface area contributed by atoms with E-state index in [1.54, 1.807) is 12.4 Å². The fourth-order valence-electron chi connectivity index (χ4n) is 1.87. The Kier molecular flexibility index (Phi) is 3.39. The molecule has 0 fully saturated rings. The van der Waals surface area contributed by atoms with Crippen LogP contribution in [0.4, 0.5) is 5.69 Å². The second-order valence-electron chi connectivity index (χ2n) is 3.94. The number of carboxylic acid groups (broad SMARTS) is 1. The Morgan fingerprint density at radius 3 is 3.00 bits per heavy atom. The SMILES string of the molecule is NCC(C(=O)O)c1cccc(N2C=NCC2)c1. The maximum atomic E-state index is 11.0. The van der Waals surface area contributed by atoms with Crippen molar-refractivity contribution in [3.8, 4) is 0 Å². The van der Waals surface area contributed by atoms with Gasteiger partial charge in [0.1, 0.15) is 0 Å². The quantitative estimate of drug-likeness (QED) is 0.800. The zero-order valence-electron chi connectivity index (χ0n) is 9.41. The van der Waals surface area contributed by atoms with Crippen LogP contribution in [0, 0.1) is 0 Å². The number of carboxylic acids is 1. The van der Waals surface area contributed by atoms with E-state index in [2.05, 4.69) is 4.99 Å². The summed E-state index contributed by atoms with van der Waals surface area (Å²) in [5, 5.41) is 9.06. The van der Waals surface area contributed by atoms with Crippen molar-refractivity contribution in [3.63, 3.8) is 0 Å². The molecule has 0 spiro atoms. The van der Waals surface area contributed by atoms with Crippen LogP contribution in [0.2, 0.25) is 0 Å². The fraction of sp³-hybridized carbons (Fsp3) is 0.333. The van der Waals surface area contributed by atoms with Crippen molar-refractivity contribution in [1.29, 1.82) is 0 Å². The maximum Gasteiger partial charge on any atom is 0.312 e. The molecule has 0 saturated carbocycles. The first-order chi connectivity index (χ1) is 8.22. The second-order valence-corrected chi connectivity index (χ2v) is 3.94. The van der Waals surface area contributed by atoms with E-state index in [4.69, 9.17) is 10.8 Å². The molecule has 2 rings (SSSR count). The van der Waals surface area contributed by atoms with E-state index in [0.29, 0.717) is 0 Å². The Bertz CT molecular complexity index is 445. The van der Waals surface area contributed by atoms with E-state index in [1.165, 1.54) is 0 Å². The third-order valence-corrected chi connectivity index (χ3v) is 2.83. The summed E-state index contributed by atoms with van der Waals surface area (Å²) < 4.78 is 0. The first-order valence-corrected chi connectivity index (χ1v) is 5.52. The summed E-state index contributed by atoms with van der Waals surface area (Å²) in [5.41, 5.74) is 7.18. The van der Waals surface area contributed by atoms with Gasteiger partial charge >= 0.3 is 5.97 Å². The van der Waals surface area contributed by atoms with E-state index >= 15 is 0 Å². The summed E-state index contributed by atoms with van der Waals surface area (Å²) in [6.07, 6.45) is 1.78. The molecule has 1 aromatic carbocycles. The summed E-state index contributed by atoms with van der Waals surface area (Å²) in [7, 11) is 0. The minimum atomic E-state index is -0.889. The smallest absolute Gasteiger partial charge is 0.312 e. The van der Waals surface area contributed by atoms with Crippen molar-refractivity contribution in [2.75, 3.05) is 24.5 Å². The number of aliphatic imine (C=N–C) groups is 1. The van der Waals surface area contributed by atoms with E-state index in [1.807, 2.05) is 23.1 Å². The van der Waals surface area contributed by atoms with Crippen LogP contribution < -0.4 is 10.6 Å². The van der Waals surface area contributed by atoms with E-state index in [-0.39, 0.29) is 6.54 Å². The fourth-order valence-corrected chi connectivity index (χ4v) is 1.87. The highest BCUT2D eigenvalue weighted by molar-refractivity contribution is 5.82. The molecule has 0 radical (unpaired) electrons. The first-order valence-electron chi connectivity index (χ1n) is 5.52. The normalized spacial score (nSPS) is 16.2. The van der Waals surface area contributed by atoms with Crippen LogP contribution in [0.1, 0.15) is 11.5 Å². The minimum absolute atomic E-state index is 0.104. The van der Waals surface area contributed by atoms with Gasteiger partial charge in [0, 0.05) is 18.8 Å². The molecule has 1 unspecified atom stereocenters. The topological polar surface area (TPSA) is 78.9 Å². The van der Waals surface area contributed by atoms with E-state index < -0.39 is 11.9 Å². The van der Waals surface area contributed by atoms with Gasteiger partial charge in [0.2, 0.25) is 0 Å². The molecule has 5 nitrogen and oxygen atoms in total. The highest BCUT2D eigenvalue weighted by Gasteiger charge is 2.19. The summed E-state index contributed by atoms with van der Waals surface area (Å²) in [4.78, 5) is 17.2. The molecule has 0 aromatic heterocycles. The second kappa shape index (κ2) is 4.97. The van der Waals surface area contributed by atoms with E-state index in [0.717, 1.165) is 24.3 Å². The zero-order valence-corrected chi connectivity index (χ0v) is 9.41. The van der Waals surface area contributed by atoms with Gasteiger partial charge in [-0.2, -0.15) is 0 Å². The number of nitrogens with zero attached hydrogens (tertiary/aromatic N) is 2. The Morgan fingerprint density at radius 2 is 2.41 bits per heavy atom. The van der Waals surface area contributed by atoms with Crippen LogP contribution in [0.3, 0.4) is 0 Å². The molecule has 90 valence electrons. The van der Waals surface area contributed by atoms with Crippen LogP contribution in [-0.2, 0) is 4.79 Å². The van der Waals surface area contributed by atoms with Gasteiger partial charge in [-0.15, -0.1) is 0 Å². The van der Waals surface area contributed by atoms with Crippen LogP contribution in [0.5, 0.6) is 0 Å². The average molecular weight is 233 g/mol. The number of aliphatic carboxylic acids is 1. The molecule has 1 heterocycles. The molecule has 1 atom stereocenters. The molecule has 0 aliphatic carbocycles. The summed E-state index contributed by atoms with van der Waals surface area (Å²) in [6, 6.07) is 7.45. The number of carbonyl (C=O) groups is 1. The standard InChI is InChI=1S/C12H15N3O2/c13-7-11(12(16)17)9-2-1-3-10(6-9)15-5-4-14-8-15/h1-3,6,8,11H,4-5,7,13H2,(H,16,17). The predicted octanol–water partition coefficient (Wildman–Crippen LogP) is 0.662. The molecule has 17 heavy (non-hydrogen) atoms. The number of benzene rings is 1. The van der Waals surface area contributed by atoms with Crippen LogP contribution in [0.25, 0.3) is 0 Å². The van der Waals surface area contributed by atoms with E-state index in [9.17, 15) is 4.79 Å². The van der Waals surface area contributed by atoms with Crippen LogP contribution >= 0.6 is 0 Å². The number of hydrogen-bond acceptors (Lipinski definition) is 4. The van der Waals surface area contributed by atoms with Gasteiger partial charge in [-0.25, -0.2) is 0 Å². The molecule has 0 amide bonds. The monoisotopic (exact) mass is 233 g/mol. The molecule has 0 saturated heterocycles. The van der Waals surface area contributed by atoms with Gasteiger partial charge < -0.3 is 15.7 Å². The lowest BCUT2D eigenvalue weighted by Crippen LogP contribution is -2.22. The van der Waals surface area contributed by atoms with Gasteiger partial charge in [0.15, 0.2) is 0 Å². The largest absolute Gasteiger partial charge is 0.481 e. The van der Waals surface area contributed by atoms with Crippen molar-refractivity contribution >= 4 is 18.0 Å². The van der Waals surface area contributed by atoms with Crippen LogP contribution in [0.15, 0.2) is 29.3 Å². The lowest BCUT2D eigenvalue weighted by molar-refractivity contribution is -0.138. The Morgan fingerprint density at radius 1 is 1.59 bits per heavy atom. The Balaban J connectivity index is 2.27. The number of anilines is 1. The number of rotatable bonds is 4. The lowest BCUT2D eigenvalue weighted by Gasteiger charge is -2.17. The average Bonchev–Trinajstić information content (AvgIpc) is 2.83. The molecule has 3 N–H and O–H groups in total. The van der Waals surface area contributed by atoms with Gasteiger partial charge in [-0.05, 0) is 17.7 Å². The van der Waals surface area contributed by atoms with Crippen molar-refractivity contribution in [2.45, 2.75) is 5.92 Å². The van der Waals surface area contributed by atoms with Crippen LogP contribution in [-0.4, -0.2) is 37.0 Å². The predicted molar refractivity (Wildman–Crippen MR) is 66.6 cm³/mol. The molecule has 1 aromatic rings. The molecule has 5 heteroatoms. The van der Waals surface area contributed by atoms with Crippen molar-refractivity contribution < 1.29 is 9.90 Å².